The number of allylic oxidation sites excluding steroid dienone is 1. The molecule has 0 atom stereocenters. The lowest BCUT2D eigenvalue weighted by Gasteiger charge is -2.27. The number of nitrogens with zero attached hydrogens (tertiary/aromatic N) is 2. The predicted molar refractivity (Wildman–Crippen MR) is 82.4 cm³/mol. The first kappa shape index (κ1) is 15.1. The van der Waals surface area contributed by atoms with Crippen LogP contribution in [-0.2, 0) is 9.84 Å². The molecule has 0 radical (unpaired) electrons. The van der Waals surface area contributed by atoms with Crippen molar-refractivity contribution in [2.45, 2.75) is 4.90 Å². The molecule has 1 aliphatic heterocycles. The molecular formula is C16H11FN2O3S. The van der Waals surface area contributed by atoms with Gasteiger partial charge in [-0.15, -0.1) is 0 Å². The minimum absolute atomic E-state index is 0.150. The third kappa shape index (κ3) is 2.33. The Morgan fingerprint density at radius 2 is 1.96 bits per heavy atom. The van der Waals surface area contributed by atoms with Gasteiger partial charge in [0.25, 0.3) is 0 Å². The van der Waals surface area contributed by atoms with E-state index in [1.807, 2.05) is 0 Å². The molecule has 0 fully saturated rings. The van der Waals surface area contributed by atoms with Gasteiger partial charge in [0.15, 0.2) is 4.91 Å². The van der Waals surface area contributed by atoms with Crippen molar-refractivity contribution < 1.29 is 17.5 Å². The van der Waals surface area contributed by atoms with Crippen molar-refractivity contribution in [2.75, 3.05) is 12.0 Å². The molecule has 23 heavy (non-hydrogen) atoms. The molecule has 0 bridgehead atoms. The Balaban J connectivity index is 2.30. The summed E-state index contributed by atoms with van der Waals surface area (Å²) in [5.41, 5.74) is 0.705. The summed E-state index contributed by atoms with van der Waals surface area (Å²) in [5.74, 6) is -0.336. The molecule has 7 heteroatoms. The van der Waals surface area contributed by atoms with Crippen LogP contribution in [0.2, 0.25) is 0 Å². The Kier molecular flexibility index (Phi) is 3.54. The molecule has 0 aliphatic carbocycles. The highest BCUT2D eigenvalue weighted by molar-refractivity contribution is 7.95. The van der Waals surface area contributed by atoms with Crippen molar-refractivity contribution in [1.82, 2.24) is 0 Å². The largest absolute Gasteiger partial charge is 0.497 e. The molecule has 2 aromatic carbocycles. The normalized spacial score (nSPS) is 15.3. The summed E-state index contributed by atoms with van der Waals surface area (Å²) in [6, 6.07) is 12.4. The average molecular weight is 330 g/mol. The second-order valence-corrected chi connectivity index (χ2v) is 6.62. The van der Waals surface area contributed by atoms with Gasteiger partial charge in [-0.2, -0.15) is 5.26 Å². The van der Waals surface area contributed by atoms with E-state index in [2.05, 4.69) is 0 Å². The van der Waals surface area contributed by atoms with Crippen LogP contribution in [0.25, 0.3) is 0 Å². The Labute approximate surface area is 132 Å². The highest BCUT2D eigenvalue weighted by Crippen LogP contribution is 2.41. The molecular weight excluding hydrogens is 319 g/mol. The molecule has 0 aromatic heterocycles. The van der Waals surface area contributed by atoms with Gasteiger partial charge in [0.05, 0.1) is 12.8 Å². The topological polar surface area (TPSA) is 70.4 Å². The maximum absolute atomic E-state index is 14.1. The first-order chi connectivity index (χ1) is 11.0. The summed E-state index contributed by atoms with van der Waals surface area (Å²) in [4.78, 5) is 0.445. The first-order valence-electron chi connectivity index (χ1n) is 6.58. The molecule has 1 aliphatic rings. The smallest absolute Gasteiger partial charge is 0.223 e. The zero-order valence-corrected chi connectivity index (χ0v) is 12.8. The fourth-order valence-electron chi connectivity index (χ4n) is 2.38. The minimum atomic E-state index is -4.17. The lowest BCUT2D eigenvalue weighted by Crippen LogP contribution is -2.22. The predicted octanol–water partition coefficient (Wildman–Crippen LogP) is 3.12. The monoisotopic (exact) mass is 330 g/mol. The number of hydrogen-bond acceptors (Lipinski definition) is 5. The summed E-state index contributed by atoms with van der Waals surface area (Å²) in [5, 5.41) is 9.14. The molecule has 5 nitrogen and oxygen atoms in total. The molecule has 0 amide bonds. The summed E-state index contributed by atoms with van der Waals surface area (Å²) < 4.78 is 44.0. The molecule has 0 N–H and O–H groups in total. The van der Waals surface area contributed by atoms with Gasteiger partial charge in [-0.3, -0.25) is 0 Å². The maximum Gasteiger partial charge on any atom is 0.223 e. The zero-order chi connectivity index (χ0) is 16.6. The minimum Gasteiger partial charge on any atom is -0.497 e. The van der Waals surface area contributed by atoms with Gasteiger partial charge in [-0.1, -0.05) is 12.1 Å². The van der Waals surface area contributed by atoms with Crippen LogP contribution in [0.1, 0.15) is 0 Å². The fraction of sp³-hybridized carbons (Fsp3) is 0.0625. The molecule has 0 saturated carbocycles. The molecule has 1 heterocycles. The highest BCUT2D eigenvalue weighted by Gasteiger charge is 2.34. The van der Waals surface area contributed by atoms with E-state index in [4.69, 9.17) is 10.00 Å². The van der Waals surface area contributed by atoms with Gasteiger partial charge in [0, 0.05) is 18.0 Å². The number of hydrogen-bond donors (Lipinski definition) is 0. The standard InChI is InChI=1S/C16H11FN2O3S/c1-22-12-5-2-4-11(8-12)19-10-13(9-18)23(20,21)16-14(17)6-3-7-15(16)19/h2-8,10H,1H3. The first-order valence-corrected chi connectivity index (χ1v) is 8.06. The number of ether oxygens (including phenoxy) is 1. The summed E-state index contributed by atoms with van der Waals surface area (Å²) in [6.07, 6.45) is 1.19. The third-order valence-corrected chi connectivity index (χ3v) is 5.17. The molecule has 2 aromatic rings. The van der Waals surface area contributed by atoms with E-state index in [-0.39, 0.29) is 5.69 Å². The summed E-state index contributed by atoms with van der Waals surface area (Å²) in [7, 11) is -2.66. The average Bonchev–Trinajstić information content (AvgIpc) is 2.54. The van der Waals surface area contributed by atoms with Crippen molar-refractivity contribution in [1.29, 1.82) is 5.26 Å². The van der Waals surface area contributed by atoms with Crippen molar-refractivity contribution >= 4 is 21.2 Å². The van der Waals surface area contributed by atoms with Crippen molar-refractivity contribution in [3.05, 3.63) is 59.4 Å². The van der Waals surface area contributed by atoms with Crippen LogP contribution < -0.4 is 9.64 Å². The number of sulfone groups is 1. The molecule has 3 rings (SSSR count). The number of benzene rings is 2. The van der Waals surface area contributed by atoms with Crippen LogP contribution >= 0.6 is 0 Å². The van der Waals surface area contributed by atoms with Crippen LogP contribution in [0.15, 0.2) is 58.5 Å². The maximum atomic E-state index is 14.1. The Bertz CT molecular complexity index is 962. The number of methoxy groups -OCH3 is 1. The van der Waals surface area contributed by atoms with Crippen molar-refractivity contribution in [2.24, 2.45) is 0 Å². The van der Waals surface area contributed by atoms with Crippen LogP contribution in [0.5, 0.6) is 5.75 Å². The molecule has 116 valence electrons. The van der Waals surface area contributed by atoms with E-state index in [1.165, 1.54) is 30.3 Å². The van der Waals surface area contributed by atoms with Gasteiger partial charge in [0.2, 0.25) is 9.84 Å². The zero-order valence-electron chi connectivity index (χ0n) is 12.0. The number of rotatable bonds is 2. The summed E-state index contributed by atoms with van der Waals surface area (Å²) >= 11 is 0. The second kappa shape index (κ2) is 5.41. The van der Waals surface area contributed by atoms with Gasteiger partial charge >= 0.3 is 0 Å². The van der Waals surface area contributed by atoms with Crippen molar-refractivity contribution in [3.8, 4) is 11.8 Å². The quantitative estimate of drug-likeness (QED) is 0.846. The lowest BCUT2D eigenvalue weighted by atomic mass is 10.2. The molecule has 0 saturated heterocycles. The van der Waals surface area contributed by atoms with Crippen LogP contribution in [0.3, 0.4) is 0 Å². The fourth-order valence-corrected chi connectivity index (χ4v) is 3.73. The Morgan fingerprint density at radius 1 is 1.22 bits per heavy atom. The van der Waals surface area contributed by atoms with E-state index in [0.717, 1.165) is 6.07 Å². The van der Waals surface area contributed by atoms with Gasteiger partial charge < -0.3 is 9.64 Å². The van der Waals surface area contributed by atoms with Crippen molar-refractivity contribution in [3.63, 3.8) is 0 Å². The van der Waals surface area contributed by atoms with Gasteiger partial charge in [0.1, 0.15) is 22.5 Å². The third-order valence-electron chi connectivity index (χ3n) is 3.45. The van der Waals surface area contributed by atoms with E-state index in [0.29, 0.717) is 11.4 Å². The van der Waals surface area contributed by atoms with E-state index < -0.39 is 25.5 Å². The SMILES string of the molecule is COc1cccc(N2C=C(C#N)S(=O)(=O)c3c(F)cccc32)c1. The number of nitriles is 1. The van der Waals surface area contributed by atoms with E-state index >= 15 is 0 Å². The molecule has 0 unspecified atom stereocenters. The lowest BCUT2D eigenvalue weighted by molar-refractivity contribution is 0.415. The van der Waals surface area contributed by atoms with Gasteiger partial charge in [-0.05, 0) is 24.3 Å². The Morgan fingerprint density at radius 3 is 2.65 bits per heavy atom. The van der Waals surface area contributed by atoms with Gasteiger partial charge in [-0.25, -0.2) is 12.8 Å². The highest BCUT2D eigenvalue weighted by atomic mass is 32.2. The second-order valence-electron chi connectivity index (χ2n) is 4.77. The Hall–Kier alpha value is -2.85. The molecule has 0 spiro atoms. The van der Waals surface area contributed by atoms with Crippen LogP contribution in [-0.4, -0.2) is 15.5 Å². The van der Waals surface area contributed by atoms with Crippen LogP contribution in [0.4, 0.5) is 15.8 Å². The van der Waals surface area contributed by atoms with E-state index in [9.17, 15) is 12.8 Å². The number of halogens is 1. The number of fused-ring (bicyclic) bond motifs is 1. The number of anilines is 2. The van der Waals surface area contributed by atoms with E-state index in [1.54, 1.807) is 30.3 Å². The summed E-state index contributed by atoms with van der Waals surface area (Å²) in [6.45, 7) is 0. The van der Waals surface area contributed by atoms with Crippen LogP contribution in [0, 0.1) is 17.1 Å².